The predicted molar refractivity (Wildman–Crippen MR) is 102 cm³/mol. The molecule has 1 unspecified atom stereocenters. The van der Waals surface area contributed by atoms with Crippen molar-refractivity contribution in [3.05, 3.63) is 41.9 Å². The quantitative estimate of drug-likeness (QED) is 0.670. The van der Waals surface area contributed by atoms with Gasteiger partial charge in [0.25, 0.3) is 0 Å². The Bertz CT molecular complexity index is 977. The maximum atomic E-state index is 13.2. The van der Waals surface area contributed by atoms with E-state index >= 15 is 0 Å². The van der Waals surface area contributed by atoms with Gasteiger partial charge in [0.2, 0.25) is 5.91 Å². The monoisotopic (exact) mass is 380 g/mol. The van der Waals surface area contributed by atoms with Crippen molar-refractivity contribution in [3.8, 4) is 11.5 Å². The van der Waals surface area contributed by atoms with Crippen LogP contribution in [0.4, 0.5) is 0 Å². The number of hydrogen-bond acceptors (Lipinski definition) is 6. The summed E-state index contributed by atoms with van der Waals surface area (Å²) in [6, 6.07) is 0. The molecule has 0 aromatic carbocycles. The molecule has 0 N–H and O–H groups in total. The first-order chi connectivity index (χ1) is 13.6. The van der Waals surface area contributed by atoms with Crippen LogP contribution in [0.15, 0.2) is 24.8 Å². The van der Waals surface area contributed by atoms with Gasteiger partial charge in [-0.1, -0.05) is 0 Å². The number of likely N-dealkylation sites (N-methyl/N-ethyl adjacent to an activating group) is 1. The molecule has 0 bridgehead atoms. The van der Waals surface area contributed by atoms with Gasteiger partial charge in [-0.15, -0.1) is 10.2 Å². The van der Waals surface area contributed by atoms with Crippen molar-refractivity contribution in [2.75, 3.05) is 7.05 Å². The minimum Gasteiger partial charge on any atom is -0.341 e. The maximum Gasteiger partial charge on any atom is 0.233 e. The highest BCUT2D eigenvalue weighted by atomic mass is 16.2. The fourth-order valence-electron chi connectivity index (χ4n) is 3.69. The zero-order chi connectivity index (χ0) is 19.7. The molecule has 28 heavy (non-hydrogen) atoms. The second-order valence-electron chi connectivity index (χ2n) is 7.11. The summed E-state index contributed by atoms with van der Waals surface area (Å²) in [7, 11) is 1.84. The second-order valence-corrected chi connectivity index (χ2v) is 7.11. The molecule has 0 fully saturated rings. The first kappa shape index (κ1) is 18.3. The Morgan fingerprint density at radius 1 is 1.32 bits per heavy atom. The zero-order valence-corrected chi connectivity index (χ0v) is 16.4. The molecule has 3 aromatic heterocycles. The van der Waals surface area contributed by atoms with Crippen molar-refractivity contribution in [2.45, 2.75) is 52.2 Å². The minimum absolute atomic E-state index is 0.0581. The Morgan fingerprint density at radius 2 is 2.18 bits per heavy atom. The predicted octanol–water partition coefficient (Wildman–Crippen LogP) is 1.80. The molecule has 4 heterocycles. The Kier molecular flexibility index (Phi) is 4.89. The summed E-state index contributed by atoms with van der Waals surface area (Å²) in [6.45, 7) is 6.16. The summed E-state index contributed by atoms with van der Waals surface area (Å²) in [5.74, 6) is 1.15. The average molecular weight is 380 g/mol. The molecular formula is C19H24N8O. The largest absolute Gasteiger partial charge is 0.341 e. The van der Waals surface area contributed by atoms with E-state index in [2.05, 4.69) is 32.2 Å². The van der Waals surface area contributed by atoms with Gasteiger partial charge in [0.05, 0.1) is 17.8 Å². The van der Waals surface area contributed by atoms with E-state index in [4.69, 9.17) is 0 Å². The van der Waals surface area contributed by atoms with Crippen LogP contribution in [-0.2, 0) is 24.4 Å². The van der Waals surface area contributed by atoms with Gasteiger partial charge in [-0.2, -0.15) is 5.10 Å². The van der Waals surface area contributed by atoms with E-state index in [9.17, 15) is 4.79 Å². The Balaban J connectivity index is 1.56. The molecular weight excluding hydrogens is 356 g/mol. The van der Waals surface area contributed by atoms with Crippen LogP contribution in [0.3, 0.4) is 0 Å². The number of aryl methyl sites for hydroxylation is 2. The molecule has 0 saturated carbocycles. The van der Waals surface area contributed by atoms with Crippen LogP contribution in [0.25, 0.3) is 11.5 Å². The molecule has 9 nitrogen and oxygen atoms in total. The summed E-state index contributed by atoms with van der Waals surface area (Å²) in [5, 5.41) is 13.1. The molecule has 1 amide bonds. The normalized spacial score (nSPS) is 16.0. The van der Waals surface area contributed by atoms with Crippen molar-refractivity contribution >= 4 is 5.91 Å². The highest BCUT2D eigenvalue weighted by Gasteiger charge is 2.33. The van der Waals surface area contributed by atoms with E-state index in [-0.39, 0.29) is 11.8 Å². The molecule has 146 valence electrons. The smallest absolute Gasteiger partial charge is 0.233 e. The van der Waals surface area contributed by atoms with E-state index in [1.54, 1.807) is 23.5 Å². The molecule has 1 atom stereocenters. The first-order valence-electron chi connectivity index (χ1n) is 9.56. The van der Waals surface area contributed by atoms with E-state index in [0.717, 1.165) is 37.2 Å². The number of rotatable bonds is 5. The summed E-state index contributed by atoms with van der Waals surface area (Å²) >= 11 is 0. The van der Waals surface area contributed by atoms with E-state index in [1.807, 2.05) is 29.4 Å². The lowest BCUT2D eigenvalue weighted by Crippen LogP contribution is -2.34. The zero-order valence-electron chi connectivity index (χ0n) is 16.4. The molecule has 3 aromatic rings. The lowest BCUT2D eigenvalue weighted by Gasteiger charge is -2.27. The van der Waals surface area contributed by atoms with Crippen molar-refractivity contribution in [2.24, 2.45) is 0 Å². The number of carbonyl (C=O) groups excluding carboxylic acids is 1. The standard InChI is InChI=1S/C19H24N8O/c1-4-26-12-14(13(2)24-26)11-25(3)19(28)15-6-5-9-27-17(15)22-23-18(27)16-10-20-7-8-21-16/h7-8,10,12,15H,4-6,9,11H2,1-3H3. The molecule has 0 saturated heterocycles. The van der Waals surface area contributed by atoms with Gasteiger partial charge in [0.15, 0.2) is 5.82 Å². The minimum atomic E-state index is -0.293. The third kappa shape index (κ3) is 3.28. The summed E-state index contributed by atoms with van der Waals surface area (Å²) in [4.78, 5) is 23.4. The van der Waals surface area contributed by atoms with Gasteiger partial charge in [-0.05, 0) is 26.7 Å². The highest BCUT2D eigenvalue weighted by molar-refractivity contribution is 5.83. The van der Waals surface area contributed by atoms with Gasteiger partial charge >= 0.3 is 0 Å². The van der Waals surface area contributed by atoms with Crippen LogP contribution in [0, 0.1) is 6.92 Å². The van der Waals surface area contributed by atoms with E-state index in [0.29, 0.717) is 23.9 Å². The lowest BCUT2D eigenvalue weighted by atomic mass is 9.97. The van der Waals surface area contributed by atoms with Gasteiger partial charge in [-0.25, -0.2) is 4.98 Å². The van der Waals surface area contributed by atoms with E-state index < -0.39 is 0 Å². The number of amides is 1. The number of carbonyl (C=O) groups is 1. The van der Waals surface area contributed by atoms with Crippen molar-refractivity contribution in [3.63, 3.8) is 0 Å². The summed E-state index contributed by atoms with van der Waals surface area (Å²) in [5.41, 5.74) is 2.69. The fourth-order valence-corrected chi connectivity index (χ4v) is 3.69. The van der Waals surface area contributed by atoms with Crippen LogP contribution < -0.4 is 0 Å². The maximum absolute atomic E-state index is 13.2. The molecule has 0 aliphatic carbocycles. The van der Waals surface area contributed by atoms with Gasteiger partial charge < -0.3 is 9.47 Å². The number of hydrogen-bond donors (Lipinski definition) is 0. The summed E-state index contributed by atoms with van der Waals surface area (Å²) < 4.78 is 3.90. The van der Waals surface area contributed by atoms with Crippen LogP contribution in [0.5, 0.6) is 0 Å². The van der Waals surface area contributed by atoms with Crippen LogP contribution in [0.2, 0.25) is 0 Å². The van der Waals surface area contributed by atoms with Crippen LogP contribution >= 0.6 is 0 Å². The lowest BCUT2D eigenvalue weighted by molar-refractivity contribution is -0.132. The molecule has 0 spiro atoms. The van der Waals surface area contributed by atoms with Crippen LogP contribution in [-0.4, -0.2) is 52.4 Å². The molecule has 1 aliphatic heterocycles. The molecule has 0 radical (unpaired) electrons. The number of nitrogens with zero attached hydrogens (tertiary/aromatic N) is 8. The average Bonchev–Trinajstić information content (AvgIpc) is 3.31. The van der Waals surface area contributed by atoms with Gasteiger partial charge in [-0.3, -0.25) is 14.5 Å². The topological polar surface area (TPSA) is 94.6 Å². The Hall–Kier alpha value is -3.10. The summed E-state index contributed by atoms with van der Waals surface area (Å²) in [6.07, 6.45) is 8.61. The van der Waals surface area contributed by atoms with Gasteiger partial charge in [0, 0.05) is 50.8 Å². The highest BCUT2D eigenvalue weighted by Crippen LogP contribution is 2.31. The van der Waals surface area contributed by atoms with Crippen molar-refractivity contribution in [1.29, 1.82) is 0 Å². The number of fused-ring (bicyclic) bond motifs is 1. The van der Waals surface area contributed by atoms with Crippen molar-refractivity contribution in [1.82, 2.24) is 39.4 Å². The van der Waals surface area contributed by atoms with Gasteiger partial charge in [0.1, 0.15) is 11.5 Å². The van der Waals surface area contributed by atoms with Crippen LogP contribution in [0.1, 0.15) is 42.8 Å². The van der Waals surface area contributed by atoms with Crippen molar-refractivity contribution < 1.29 is 4.79 Å². The fraction of sp³-hybridized carbons (Fsp3) is 0.474. The molecule has 4 rings (SSSR count). The molecule has 9 heteroatoms. The first-order valence-corrected chi connectivity index (χ1v) is 9.56. The second kappa shape index (κ2) is 7.49. The number of aromatic nitrogens is 7. The third-order valence-corrected chi connectivity index (χ3v) is 5.21. The van der Waals surface area contributed by atoms with E-state index in [1.165, 1.54) is 0 Å². The Morgan fingerprint density at radius 3 is 2.89 bits per heavy atom. The third-order valence-electron chi connectivity index (χ3n) is 5.21. The Labute approximate surface area is 163 Å². The SMILES string of the molecule is CCn1cc(CN(C)C(=O)C2CCCn3c(-c4cnccn4)nnc32)c(C)n1. The molecule has 1 aliphatic rings.